The third-order valence-electron chi connectivity index (χ3n) is 5.48. The van der Waals surface area contributed by atoms with Crippen LogP contribution in [0.15, 0.2) is 30.3 Å². The quantitative estimate of drug-likeness (QED) is 0.342. The molecule has 0 bridgehead atoms. The summed E-state index contributed by atoms with van der Waals surface area (Å²) in [6, 6.07) is 8.81. The number of rotatable bonds is 5. The van der Waals surface area contributed by atoms with Crippen LogP contribution in [0.2, 0.25) is 18.1 Å². The minimum atomic E-state index is -2.22. The van der Waals surface area contributed by atoms with E-state index in [-0.39, 0.29) is 5.04 Å². The van der Waals surface area contributed by atoms with Crippen LogP contribution < -0.4 is 0 Å². The van der Waals surface area contributed by atoms with Crippen LogP contribution in [-0.4, -0.2) is 49.7 Å². The fourth-order valence-electron chi connectivity index (χ4n) is 2.80. The first kappa shape index (κ1) is 24.1. The first-order valence-corrected chi connectivity index (χ1v) is 13.6. The van der Waals surface area contributed by atoms with Crippen LogP contribution in [0.1, 0.15) is 45.0 Å². The highest BCUT2D eigenvalue weighted by Gasteiger charge is 2.51. The second-order valence-electron chi connectivity index (χ2n) is 8.84. The number of carbonyl (C=O) groups excluding carboxylic acids is 2. The van der Waals surface area contributed by atoms with Gasteiger partial charge in [0.1, 0.15) is 10.9 Å². The Bertz CT molecular complexity index is 718. The molecule has 0 saturated carbocycles. The van der Waals surface area contributed by atoms with E-state index >= 15 is 0 Å². The largest absolute Gasteiger partial charge is 0.453 e. The Labute approximate surface area is 182 Å². The summed E-state index contributed by atoms with van der Waals surface area (Å²) in [6.07, 6.45) is -2.54. The van der Waals surface area contributed by atoms with Crippen molar-refractivity contribution in [2.75, 3.05) is 0 Å². The molecule has 2 rings (SSSR count). The second kappa shape index (κ2) is 9.28. The Morgan fingerprint density at radius 1 is 1.07 bits per heavy atom. The highest BCUT2D eigenvalue weighted by atomic mass is 79.9. The topological polar surface area (TPSA) is 71.1 Å². The number of benzene rings is 1. The molecule has 1 heterocycles. The van der Waals surface area contributed by atoms with Crippen LogP contribution in [0.5, 0.6) is 0 Å². The summed E-state index contributed by atoms with van der Waals surface area (Å²) in [5.74, 6) is -0.891. The summed E-state index contributed by atoms with van der Waals surface area (Å²) in [4.78, 5) is 23.7. The van der Waals surface area contributed by atoms with Crippen molar-refractivity contribution in [2.24, 2.45) is 0 Å². The summed E-state index contributed by atoms with van der Waals surface area (Å²) in [5.41, 5.74) is 0.457. The fraction of sp³-hybridized carbons (Fsp3) is 0.619. The zero-order chi connectivity index (χ0) is 22.0. The van der Waals surface area contributed by atoms with Gasteiger partial charge in [-0.2, -0.15) is 0 Å². The van der Waals surface area contributed by atoms with Crippen LogP contribution in [-0.2, 0) is 23.4 Å². The normalized spacial score (nSPS) is 27.9. The number of hydrogen-bond acceptors (Lipinski definition) is 6. The maximum atomic E-state index is 12.7. The number of esters is 2. The van der Waals surface area contributed by atoms with E-state index in [1.165, 1.54) is 6.92 Å². The van der Waals surface area contributed by atoms with Gasteiger partial charge in [0.15, 0.2) is 14.4 Å². The maximum Gasteiger partial charge on any atom is 0.338 e. The van der Waals surface area contributed by atoms with Gasteiger partial charge in [0.25, 0.3) is 0 Å². The summed E-state index contributed by atoms with van der Waals surface area (Å²) in [7, 11) is -2.22. The predicted molar refractivity (Wildman–Crippen MR) is 117 cm³/mol. The lowest BCUT2D eigenvalue weighted by atomic mass is 10.0. The number of ether oxygens (including phenoxy) is 3. The number of hydrogen-bond donors (Lipinski definition) is 0. The Balaban J connectivity index is 2.32. The van der Waals surface area contributed by atoms with Crippen molar-refractivity contribution < 1.29 is 28.2 Å². The van der Waals surface area contributed by atoms with E-state index in [1.807, 2.05) is 6.07 Å². The Kier molecular flexibility index (Phi) is 7.70. The van der Waals surface area contributed by atoms with E-state index in [0.717, 1.165) is 0 Å². The smallest absolute Gasteiger partial charge is 0.338 e. The second-order valence-corrected chi connectivity index (χ2v) is 14.7. The average Bonchev–Trinajstić information content (AvgIpc) is 2.61. The first-order chi connectivity index (χ1) is 13.3. The van der Waals surface area contributed by atoms with E-state index in [2.05, 4.69) is 49.8 Å². The van der Waals surface area contributed by atoms with Gasteiger partial charge in [-0.05, 0) is 37.2 Å². The number of alkyl halides is 1. The molecule has 0 aliphatic carbocycles. The van der Waals surface area contributed by atoms with E-state index in [0.29, 0.717) is 5.56 Å². The van der Waals surface area contributed by atoms with Crippen LogP contribution in [0.25, 0.3) is 0 Å². The van der Waals surface area contributed by atoms with Gasteiger partial charge in [-0.3, -0.25) is 4.79 Å². The SMILES string of the molecule is CC(=O)O[C@@H]1O[C@H](C)[C@@H](OC(=O)c2ccccc2)[C@H](O[Si](C)(C)C(C)(C)C)[C@@H]1Br. The molecule has 1 aliphatic heterocycles. The third kappa shape index (κ3) is 5.90. The average molecular weight is 487 g/mol. The Hall–Kier alpha value is -1.22. The minimum absolute atomic E-state index is 0.0494. The predicted octanol–water partition coefficient (Wildman–Crippen LogP) is 4.67. The molecule has 1 fully saturated rings. The monoisotopic (exact) mass is 486 g/mol. The zero-order valence-corrected chi connectivity index (χ0v) is 20.7. The molecular weight excluding hydrogens is 456 g/mol. The van der Waals surface area contributed by atoms with Gasteiger partial charge in [-0.1, -0.05) is 54.9 Å². The highest BCUT2D eigenvalue weighted by molar-refractivity contribution is 9.09. The molecule has 8 heteroatoms. The lowest BCUT2D eigenvalue weighted by molar-refractivity contribution is -0.233. The molecule has 0 aromatic heterocycles. The van der Waals surface area contributed by atoms with Crippen LogP contribution >= 0.6 is 15.9 Å². The molecule has 0 spiro atoms. The van der Waals surface area contributed by atoms with Gasteiger partial charge < -0.3 is 18.6 Å². The maximum absolute atomic E-state index is 12.7. The first-order valence-electron chi connectivity index (χ1n) is 9.74. The minimum Gasteiger partial charge on any atom is -0.453 e. The van der Waals surface area contributed by atoms with E-state index in [4.69, 9.17) is 18.6 Å². The van der Waals surface area contributed by atoms with Crippen molar-refractivity contribution in [3.05, 3.63) is 35.9 Å². The Morgan fingerprint density at radius 2 is 1.66 bits per heavy atom. The van der Waals surface area contributed by atoms with Crippen molar-refractivity contribution >= 4 is 36.2 Å². The molecule has 162 valence electrons. The number of halogens is 1. The van der Waals surface area contributed by atoms with Gasteiger partial charge >= 0.3 is 11.9 Å². The number of carbonyl (C=O) groups is 2. The molecule has 0 radical (unpaired) electrons. The zero-order valence-electron chi connectivity index (χ0n) is 18.1. The van der Waals surface area contributed by atoms with Crippen molar-refractivity contribution in [3.63, 3.8) is 0 Å². The third-order valence-corrected chi connectivity index (χ3v) is 10.9. The van der Waals surface area contributed by atoms with Crippen LogP contribution in [0.4, 0.5) is 0 Å². The summed E-state index contributed by atoms with van der Waals surface area (Å²) >= 11 is 3.59. The summed E-state index contributed by atoms with van der Waals surface area (Å²) in [6.45, 7) is 13.8. The van der Waals surface area contributed by atoms with Crippen molar-refractivity contribution in [1.29, 1.82) is 0 Å². The van der Waals surface area contributed by atoms with Gasteiger partial charge in [-0.25, -0.2) is 4.79 Å². The van der Waals surface area contributed by atoms with Gasteiger partial charge in [0, 0.05) is 6.92 Å². The van der Waals surface area contributed by atoms with Gasteiger partial charge in [-0.15, -0.1) is 0 Å². The van der Waals surface area contributed by atoms with E-state index < -0.39 is 49.7 Å². The lowest BCUT2D eigenvalue weighted by Gasteiger charge is -2.47. The summed E-state index contributed by atoms with van der Waals surface area (Å²) < 4.78 is 23.7. The van der Waals surface area contributed by atoms with Crippen molar-refractivity contribution in [2.45, 2.75) is 82.2 Å². The van der Waals surface area contributed by atoms with E-state index in [9.17, 15) is 9.59 Å². The van der Waals surface area contributed by atoms with Gasteiger partial charge in [0.05, 0.1) is 11.7 Å². The van der Waals surface area contributed by atoms with Crippen LogP contribution in [0.3, 0.4) is 0 Å². The van der Waals surface area contributed by atoms with Crippen LogP contribution in [0, 0.1) is 0 Å². The molecule has 0 amide bonds. The molecule has 1 aromatic carbocycles. The molecule has 1 aliphatic rings. The van der Waals surface area contributed by atoms with E-state index in [1.54, 1.807) is 31.2 Å². The summed E-state index contributed by atoms with van der Waals surface area (Å²) in [5, 5.41) is -0.0494. The van der Waals surface area contributed by atoms with Crippen molar-refractivity contribution in [1.82, 2.24) is 0 Å². The fourth-order valence-corrected chi connectivity index (χ4v) is 4.96. The molecule has 5 atom stereocenters. The Morgan fingerprint density at radius 3 is 2.17 bits per heavy atom. The highest BCUT2D eigenvalue weighted by Crippen LogP contribution is 2.41. The molecular formula is C21H31BrO6Si. The molecule has 6 nitrogen and oxygen atoms in total. The standard InChI is InChI=1S/C21H31BrO6Si/c1-13-17(27-19(24)15-11-9-8-10-12-15)18(28-29(6,7)21(3,4)5)16(22)20(25-13)26-14(2)23/h8-13,16-18,20H,1-7H3/t13-,16+,17-,18-,20+/m1/s1. The van der Waals surface area contributed by atoms with Gasteiger partial charge in [0.2, 0.25) is 6.29 Å². The van der Waals surface area contributed by atoms with Crippen molar-refractivity contribution in [3.8, 4) is 0 Å². The lowest BCUT2D eigenvalue weighted by Crippen LogP contribution is -2.61. The molecule has 1 aromatic rings. The molecule has 29 heavy (non-hydrogen) atoms. The molecule has 0 N–H and O–H groups in total. The molecule has 0 unspecified atom stereocenters. The molecule has 1 saturated heterocycles.